The topological polar surface area (TPSA) is 127 Å². The average Bonchev–Trinajstić information content (AvgIpc) is 3.43. The summed E-state index contributed by atoms with van der Waals surface area (Å²) in [4.78, 5) is 40.3. The van der Waals surface area contributed by atoms with E-state index in [0.29, 0.717) is 0 Å². The number of amides is 2. The van der Waals surface area contributed by atoms with E-state index >= 15 is 0 Å². The first-order valence-electron chi connectivity index (χ1n) is 10.5. The third-order valence-corrected chi connectivity index (χ3v) is 6.59. The number of ether oxygens (including phenoxy) is 2. The van der Waals surface area contributed by atoms with Gasteiger partial charge in [-0.05, 0) is 29.2 Å². The minimum Gasteiger partial charge on any atom is -0.480 e. The number of carboxylic acid groups (broad SMARTS) is 1. The van der Waals surface area contributed by atoms with Crippen molar-refractivity contribution in [1.29, 1.82) is 0 Å². The fraction of sp³-hybridized carbons (Fsp3) is 0.250. The lowest BCUT2D eigenvalue weighted by molar-refractivity contribution is -0.142. The first-order chi connectivity index (χ1) is 16.4. The van der Waals surface area contributed by atoms with Crippen LogP contribution in [0.15, 0.2) is 54.7 Å². The maximum absolute atomic E-state index is 12.4. The van der Waals surface area contributed by atoms with Gasteiger partial charge in [-0.2, -0.15) is 0 Å². The van der Waals surface area contributed by atoms with Crippen molar-refractivity contribution in [3.8, 4) is 11.1 Å². The van der Waals surface area contributed by atoms with Gasteiger partial charge in [0.15, 0.2) is 11.2 Å². The summed E-state index contributed by atoms with van der Waals surface area (Å²) in [5.41, 5.74) is 4.46. The summed E-state index contributed by atoms with van der Waals surface area (Å²) in [7, 11) is 1.36. The van der Waals surface area contributed by atoms with E-state index < -0.39 is 30.1 Å². The van der Waals surface area contributed by atoms with Crippen molar-refractivity contribution in [1.82, 2.24) is 10.3 Å². The Bertz CT molecular complexity index is 1180. The van der Waals surface area contributed by atoms with Crippen LogP contribution in [0.5, 0.6) is 0 Å². The van der Waals surface area contributed by atoms with Crippen LogP contribution in [0.25, 0.3) is 11.1 Å². The largest absolute Gasteiger partial charge is 0.480 e. The number of nitrogens with zero attached hydrogens (tertiary/aromatic N) is 1. The van der Waals surface area contributed by atoms with Crippen molar-refractivity contribution < 1.29 is 29.0 Å². The summed E-state index contributed by atoms with van der Waals surface area (Å²) in [6.45, 7) is 1.68. The number of hydrogen-bond acceptors (Lipinski definition) is 7. The number of carbonyl (C=O) groups excluding carboxylic acids is 2. The molecule has 1 heterocycles. The lowest BCUT2D eigenvalue weighted by Gasteiger charge is -2.19. The number of aliphatic carboxylic acids is 1. The highest BCUT2D eigenvalue weighted by Crippen LogP contribution is 2.44. The van der Waals surface area contributed by atoms with E-state index in [1.165, 1.54) is 20.2 Å². The molecule has 4 rings (SSSR count). The second kappa shape index (κ2) is 10.0. The van der Waals surface area contributed by atoms with Crippen molar-refractivity contribution >= 4 is 34.4 Å². The molecule has 3 aromatic rings. The van der Waals surface area contributed by atoms with E-state index in [1.54, 1.807) is 0 Å². The molecular weight excluding hydrogens is 458 g/mol. The van der Waals surface area contributed by atoms with Crippen molar-refractivity contribution in [3.05, 3.63) is 70.7 Å². The van der Waals surface area contributed by atoms with Crippen LogP contribution in [0.4, 0.5) is 9.93 Å². The van der Waals surface area contributed by atoms with Crippen LogP contribution in [0, 0.1) is 0 Å². The molecule has 1 aliphatic carbocycles. The summed E-state index contributed by atoms with van der Waals surface area (Å²) in [6.07, 6.45) is -0.164. The van der Waals surface area contributed by atoms with Crippen LogP contribution in [0.1, 0.15) is 33.6 Å². The Labute approximate surface area is 199 Å². The van der Waals surface area contributed by atoms with Gasteiger partial charge >= 0.3 is 12.1 Å². The highest BCUT2D eigenvalue weighted by Gasteiger charge is 2.30. The Morgan fingerprint density at radius 1 is 1.09 bits per heavy atom. The van der Waals surface area contributed by atoms with E-state index in [1.807, 2.05) is 36.4 Å². The fourth-order valence-corrected chi connectivity index (χ4v) is 4.59. The molecule has 0 fully saturated rings. The van der Waals surface area contributed by atoms with Gasteiger partial charge in [0, 0.05) is 13.0 Å². The Balaban J connectivity index is 1.37. The molecule has 0 saturated carbocycles. The molecule has 0 aliphatic heterocycles. The molecule has 2 amide bonds. The van der Waals surface area contributed by atoms with Crippen molar-refractivity contribution in [3.63, 3.8) is 0 Å². The third kappa shape index (κ3) is 4.78. The number of aromatic nitrogens is 1. The number of benzene rings is 2. The quantitative estimate of drug-likeness (QED) is 0.447. The zero-order valence-corrected chi connectivity index (χ0v) is 19.3. The van der Waals surface area contributed by atoms with Crippen LogP contribution in [-0.2, 0) is 14.3 Å². The maximum Gasteiger partial charge on any atom is 0.413 e. The molecule has 0 bridgehead atoms. The Kier molecular flexibility index (Phi) is 6.90. The molecule has 3 N–H and O–H groups in total. The van der Waals surface area contributed by atoms with Gasteiger partial charge < -0.3 is 19.9 Å². The number of anilines is 1. The second-order valence-electron chi connectivity index (χ2n) is 7.71. The molecule has 2 atom stereocenters. The summed E-state index contributed by atoms with van der Waals surface area (Å²) in [5, 5.41) is 14.4. The van der Waals surface area contributed by atoms with E-state index in [-0.39, 0.29) is 22.5 Å². The molecule has 0 radical (unpaired) electrons. The van der Waals surface area contributed by atoms with Gasteiger partial charge in [0.2, 0.25) is 0 Å². The lowest BCUT2D eigenvalue weighted by Crippen LogP contribution is -2.48. The van der Waals surface area contributed by atoms with Crippen LogP contribution in [-0.4, -0.2) is 53.9 Å². The number of fused-ring (bicyclic) bond motifs is 3. The van der Waals surface area contributed by atoms with Crippen LogP contribution in [0.2, 0.25) is 0 Å². The lowest BCUT2D eigenvalue weighted by atomic mass is 9.98. The molecule has 1 aliphatic rings. The number of carboxylic acids is 1. The number of carbonyl (C=O) groups is 3. The van der Waals surface area contributed by atoms with Crippen LogP contribution in [0.3, 0.4) is 0 Å². The molecule has 0 saturated heterocycles. The van der Waals surface area contributed by atoms with Gasteiger partial charge in [-0.25, -0.2) is 14.6 Å². The van der Waals surface area contributed by atoms with Crippen molar-refractivity contribution in [2.45, 2.75) is 25.0 Å². The van der Waals surface area contributed by atoms with Gasteiger partial charge in [0.25, 0.3) is 5.91 Å². The zero-order chi connectivity index (χ0) is 24.2. The minimum atomic E-state index is -1.22. The van der Waals surface area contributed by atoms with Gasteiger partial charge in [0.05, 0.1) is 12.3 Å². The highest BCUT2D eigenvalue weighted by molar-refractivity contribution is 7.17. The Morgan fingerprint density at radius 3 is 2.29 bits per heavy atom. The molecule has 2 unspecified atom stereocenters. The minimum absolute atomic E-state index is 0.0773. The van der Waals surface area contributed by atoms with E-state index in [0.717, 1.165) is 33.6 Å². The fourth-order valence-electron chi connectivity index (χ4n) is 3.89. The number of hydrogen-bond donors (Lipinski definition) is 3. The summed E-state index contributed by atoms with van der Waals surface area (Å²) >= 11 is 0.909. The maximum atomic E-state index is 12.4. The molecule has 176 valence electrons. The molecule has 9 nitrogen and oxygen atoms in total. The predicted octanol–water partition coefficient (Wildman–Crippen LogP) is 3.72. The normalized spacial score (nSPS) is 13.9. The Morgan fingerprint density at radius 2 is 1.71 bits per heavy atom. The SMILES string of the molecule is COC(C)C(NC(=O)c1cnc(NC(=O)OCC2c3ccccc3-c3ccccc32)s1)C(=O)O. The van der Waals surface area contributed by atoms with Crippen LogP contribution >= 0.6 is 11.3 Å². The summed E-state index contributed by atoms with van der Waals surface area (Å²) in [5.74, 6) is -1.93. The monoisotopic (exact) mass is 481 g/mol. The van der Waals surface area contributed by atoms with Crippen LogP contribution < -0.4 is 10.6 Å². The second-order valence-corrected chi connectivity index (χ2v) is 8.74. The van der Waals surface area contributed by atoms with Crippen molar-refractivity contribution in [2.24, 2.45) is 0 Å². The third-order valence-electron chi connectivity index (χ3n) is 5.68. The summed E-state index contributed by atoms with van der Waals surface area (Å²) < 4.78 is 10.5. The van der Waals surface area contributed by atoms with E-state index in [4.69, 9.17) is 9.47 Å². The van der Waals surface area contributed by atoms with E-state index in [2.05, 4.69) is 27.8 Å². The van der Waals surface area contributed by atoms with Gasteiger partial charge in [-0.15, -0.1) is 0 Å². The van der Waals surface area contributed by atoms with Crippen molar-refractivity contribution in [2.75, 3.05) is 19.0 Å². The molecular formula is C24H23N3O6S. The number of methoxy groups -OCH3 is 1. The molecule has 10 heteroatoms. The molecule has 34 heavy (non-hydrogen) atoms. The number of thiazole rings is 1. The van der Waals surface area contributed by atoms with Gasteiger partial charge in [-0.1, -0.05) is 59.9 Å². The average molecular weight is 482 g/mol. The first kappa shape index (κ1) is 23.4. The van der Waals surface area contributed by atoms with Gasteiger partial charge in [-0.3, -0.25) is 10.1 Å². The zero-order valence-electron chi connectivity index (χ0n) is 18.5. The number of rotatable bonds is 8. The smallest absolute Gasteiger partial charge is 0.413 e. The predicted molar refractivity (Wildman–Crippen MR) is 126 cm³/mol. The molecule has 2 aromatic carbocycles. The van der Waals surface area contributed by atoms with E-state index in [9.17, 15) is 19.5 Å². The molecule has 0 spiro atoms. The standard InChI is InChI=1S/C24H23N3O6S/c1-13(32-2)20(22(29)30)26-21(28)19-11-25-23(34-19)27-24(31)33-12-18-16-9-5-3-7-14(16)15-8-4-6-10-17(15)18/h3-11,13,18,20H,12H2,1-2H3,(H,26,28)(H,29,30)(H,25,27,31). The first-order valence-corrected chi connectivity index (χ1v) is 11.3. The molecule has 1 aromatic heterocycles. The highest BCUT2D eigenvalue weighted by atomic mass is 32.1. The Hall–Kier alpha value is -3.76. The van der Waals surface area contributed by atoms with Gasteiger partial charge in [0.1, 0.15) is 11.5 Å². The number of nitrogens with one attached hydrogen (secondary N) is 2. The summed E-state index contributed by atoms with van der Waals surface area (Å²) in [6, 6.07) is 14.8.